The van der Waals surface area contributed by atoms with Gasteiger partial charge in [0.1, 0.15) is 0 Å². The molecule has 1 atom stereocenters. The summed E-state index contributed by atoms with van der Waals surface area (Å²) in [5, 5.41) is 3.13. The van der Waals surface area contributed by atoms with E-state index in [2.05, 4.69) is 16.9 Å². The summed E-state index contributed by atoms with van der Waals surface area (Å²) in [6.07, 6.45) is 3.62. The fourth-order valence-corrected chi connectivity index (χ4v) is 2.29. The van der Waals surface area contributed by atoms with E-state index in [4.69, 9.17) is 5.73 Å². The number of rotatable bonds is 4. The zero-order valence-electron chi connectivity index (χ0n) is 9.26. The van der Waals surface area contributed by atoms with Crippen LogP contribution in [0.4, 0.5) is 0 Å². The molecule has 2 N–H and O–H groups in total. The molecule has 2 aromatic heterocycles. The van der Waals surface area contributed by atoms with Gasteiger partial charge < -0.3 is 5.73 Å². The summed E-state index contributed by atoms with van der Waals surface area (Å²) < 4.78 is 0. The normalized spacial score (nSPS) is 12.6. The lowest BCUT2D eigenvalue weighted by Crippen LogP contribution is -2.21. The Morgan fingerprint density at radius 1 is 1.38 bits per heavy atom. The molecular formula is C12H15N3S. The van der Waals surface area contributed by atoms with Gasteiger partial charge in [-0.3, -0.25) is 4.98 Å². The Morgan fingerprint density at radius 3 is 2.94 bits per heavy atom. The number of hydrogen-bond acceptors (Lipinski definition) is 4. The molecule has 3 nitrogen and oxygen atoms in total. The molecule has 0 radical (unpaired) electrons. The van der Waals surface area contributed by atoms with Gasteiger partial charge in [-0.25, -0.2) is 4.98 Å². The van der Waals surface area contributed by atoms with Gasteiger partial charge in [-0.15, -0.1) is 11.3 Å². The van der Waals surface area contributed by atoms with E-state index in [-0.39, 0.29) is 6.04 Å². The van der Waals surface area contributed by atoms with Gasteiger partial charge in [-0.2, -0.15) is 0 Å². The first-order valence-corrected chi connectivity index (χ1v) is 6.29. The molecule has 0 aromatic carbocycles. The topological polar surface area (TPSA) is 51.8 Å². The van der Waals surface area contributed by atoms with Crippen molar-refractivity contribution in [3.8, 4) is 11.4 Å². The molecule has 84 valence electrons. The highest BCUT2D eigenvalue weighted by Gasteiger charge is 2.08. The lowest BCUT2D eigenvalue weighted by Gasteiger charge is -2.04. The van der Waals surface area contributed by atoms with Crippen LogP contribution in [0.5, 0.6) is 0 Å². The SMILES string of the molecule is CCC(N)Cc1nc(-c2ccccn2)cs1. The van der Waals surface area contributed by atoms with Crippen molar-refractivity contribution in [3.63, 3.8) is 0 Å². The lowest BCUT2D eigenvalue weighted by atomic mass is 10.2. The number of thiazole rings is 1. The van der Waals surface area contributed by atoms with Gasteiger partial charge in [0.2, 0.25) is 0 Å². The average Bonchev–Trinajstić information content (AvgIpc) is 2.78. The summed E-state index contributed by atoms with van der Waals surface area (Å²) >= 11 is 1.66. The van der Waals surface area contributed by atoms with Gasteiger partial charge in [0.05, 0.1) is 16.4 Å². The van der Waals surface area contributed by atoms with E-state index in [9.17, 15) is 0 Å². The molecule has 2 heterocycles. The van der Waals surface area contributed by atoms with Gasteiger partial charge >= 0.3 is 0 Å². The van der Waals surface area contributed by atoms with Crippen LogP contribution >= 0.6 is 11.3 Å². The lowest BCUT2D eigenvalue weighted by molar-refractivity contribution is 0.644. The third kappa shape index (κ3) is 2.65. The van der Waals surface area contributed by atoms with Crippen LogP contribution in [0.2, 0.25) is 0 Å². The number of aromatic nitrogens is 2. The first-order valence-electron chi connectivity index (χ1n) is 5.41. The molecule has 0 saturated heterocycles. The van der Waals surface area contributed by atoms with E-state index < -0.39 is 0 Å². The quantitative estimate of drug-likeness (QED) is 0.882. The fraction of sp³-hybridized carbons (Fsp3) is 0.333. The van der Waals surface area contributed by atoms with Crippen molar-refractivity contribution in [2.75, 3.05) is 0 Å². The Morgan fingerprint density at radius 2 is 2.25 bits per heavy atom. The molecule has 0 fully saturated rings. The average molecular weight is 233 g/mol. The second-order valence-corrected chi connectivity index (χ2v) is 4.66. The second kappa shape index (κ2) is 5.18. The number of hydrogen-bond donors (Lipinski definition) is 1. The van der Waals surface area contributed by atoms with Crippen molar-refractivity contribution in [3.05, 3.63) is 34.8 Å². The predicted octanol–water partition coefficient (Wildman–Crippen LogP) is 2.48. The highest BCUT2D eigenvalue weighted by atomic mass is 32.1. The van der Waals surface area contributed by atoms with E-state index in [1.807, 2.05) is 23.6 Å². The van der Waals surface area contributed by atoms with Crippen LogP contribution in [0, 0.1) is 0 Å². The summed E-state index contributed by atoms with van der Waals surface area (Å²) in [7, 11) is 0. The Hall–Kier alpha value is -1.26. The van der Waals surface area contributed by atoms with Crippen molar-refractivity contribution in [1.29, 1.82) is 0 Å². The van der Waals surface area contributed by atoms with E-state index in [1.165, 1.54) is 0 Å². The minimum Gasteiger partial charge on any atom is -0.327 e. The molecule has 2 aromatic rings. The maximum atomic E-state index is 5.90. The summed E-state index contributed by atoms with van der Waals surface area (Å²) in [6.45, 7) is 2.10. The maximum Gasteiger partial charge on any atom is 0.0998 e. The van der Waals surface area contributed by atoms with Crippen LogP contribution in [-0.4, -0.2) is 16.0 Å². The molecule has 16 heavy (non-hydrogen) atoms. The smallest absolute Gasteiger partial charge is 0.0998 e. The van der Waals surface area contributed by atoms with Crippen molar-refractivity contribution >= 4 is 11.3 Å². The Balaban J connectivity index is 2.14. The largest absolute Gasteiger partial charge is 0.327 e. The minimum atomic E-state index is 0.211. The fourth-order valence-electron chi connectivity index (χ4n) is 1.41. The summed E-state index contributed by atoms with van der Waals surface area (Å²) in [6, 6.07) is 6.06. The van der Waals surface area contributed by atoms with E-state index in [0.29, 0.717) is 0 Å². The molecule has 0 spiro atoms. The molecule has 0 aliphatic rings. The Bertz CT molecular complexity index is 439. The van der Waals surface area contributed by atoms with Crippen molar-refractivity contribution in [2.24, 2.45) is 5.73 Å². The van der Waals surface area contributed by atoms with Gasteiger partial charge in [0.15, 0.2) is 0 Å². The van der Waals surface area contributed by atoms with E-state index in [0.717, 1.165) is 29.2 Å². The zero-order chi connectivity index (χ0) is 11.4. The second-order valence-electron chi connectivity index (χ2n) is 3.71. The molecule has 1 unspecified atom stereocenters. The number of nitrogens with zero attached hydrogens (tertiary/aromatic N) is 2. The first-order chi connectivity index (χ1) is 7.79. The van der Waals surface area contributed by atoms with Gasteiger partial charge in [0, 0.05) is 24.0 Å². The van der Waals surface area contributed by atoms with E-state index in [1.54, 1.807) is 17.5 Å². The molecule has 0 amide bonds. The van der Waals surface area contributed by atoms with Gasteiger partial charge in [0.25, 0.3) is 0 Å². The molecule has 2 rings (SSSR count). The maximum absolute atomic E-state index is 5.90. The van der Waals surface area contributed by atoms with Crippen LogP contribution in [0.3, 0.4) is 0 Å². The minimum absolute atomic E-state index is 0.211. The molecule has 0 aliphatic carbocycles. The first kappa shape index (κ1) is 11.2. The van der Waals surface area contributed by atoms with Crippen LogP contribution in [0.25, 0.3) is 11.4 Å². The van der Waals surface area contributed by atoms with Gasteiger partial charge in [-0.05, 0) is 18.6 Å². The molecule has 4 heteroatoms. The van der Waals surface area contributed by atoms with Crippen molar-refractivity contribution < 1.29 is 0 Å². The molecule has 0 saturated carbocycles. The van der Waals surface area contributed by atoms with Crippen LogP contribution < -0.4 is 5.73 Å². The summed E-state index contributed by atoms with van der Waals surface area (Å²) in [4.78, 5) is 8.82. The third-order valence-corrected chi connectivity index (χ3v) is 3.31. The van der Waals surface area contributed by atoms with Crippen molar-refractivity contribution in [2.45, 2.75) is 25.8 Å². The molecule has 0 bridgehead atoms. The Kier molecular flexibility index (Phi) is 3.64. The zero-order valence-corrected chi connectivity index (χ0v) is 10.1. The van der Waals surface area contributed by atoms with Crippen LogP contribution in [-0.2, 0) is 6.42 Å². The predicted molar refractivity (Wildman–Crippen MR) is 67.3 cm³/mol. The van der Waals surface area contributed by atoms with E-state index >= 15 is 0 Å². The third-order valence-electron chi connectivity index (χ3n) is 2.44. The molecule has 0 aliphatic heterocycles. The summed E-state index contributed by atoms with van der Waals surface area (Å²) in [5.74, 6) is 0. The summed E-state index contributed by atoms with van der Waals surface area (Å²) in [5.41, 5.74) is 7.78. The van der Waals surface area contributed by atoms with Crippen molar-refractivity contribution in [1.82, 2.24) is 9.97 Å². The highest BCUT2D eigenvalue weighted by molar-refractivity contribution is 7.09. The number of pyridine rings is 1. The van der Waals surface area contributed by atoms with Crippen LogP contribution in [0.1, 0.15) is 18.4 Å². The highest BCUT2D eigenvalue weighted by Crippen LogP contribution is 2.20. The van der Waals surface area contributed by atoms with Crippen LogP contribution in [0.15, 0.2) is 29.8 Å². The monoisotopic (exact) mass is 233 g/mol. The van der Waals surface area contributed by atoms with Gasteiger partial charge in [-0.1, -0.05) is 13.0 Å². The molecular weight excluding hydrogens is 218 g/mol. The number of nitrogens with two attached hydrogens (primary N) is 1. The Labute approximate surface area is 99.4 Å². The standard InChI is InChI=1S/C12H15N3S/c1-2-9(13)7-12-15-11(8-16-12)10-5-3-4-6-14-10/h3-6,8-9H,2,7,13H2,1H3.